The molecule has 3 N–H and O–H groups in total. The lowest BCUT2D eigenvalue weighted by Gasteiger charge is -2.62. The van der Waals surface area contributed by atoms with Crippen molar-refractivity contribution < 1.29 is 15.0 Å². The second-order valence-electron chi connectivity index (χ2n) is 13.2. The van der Waals surface area contributed by atoms with E-state index in [1.807, 2.05) is 24.5 Å². The minimum absolute atomic E-state index is 0.0406. The molecule has 1 aromatic carbocycles. The molecule has 4 fully saturated rings. The van der Waals surface area contributed by atoms with Gasteiger partial charge in [-0.15, -0.1) is 11.8 Å². The van der Waals surface area contributed by atoms with Gasteiger partial charge in [0.1, 0.15) is 0 Å². The van der Waals surface area contributed by atoms with E-state index in [-0.39, 0.29) is 28.9 Å². The third kappa shape index (κ3) is 4.56. The molecule has 0 aromatic heterocycles. The van der Waals surface area contributed by atoms with E-state index in [2.05, 4.69) is 32.2 Å². The Bertz CT molecular complexity index is 954. The van der Waals surface area contributed by atoms with Gasteiger partial charge in [0.25, 0.3) is 0 Å². The highest BCUT2D eigenvalue weighted by Gasteiger charge is 2.63. The van der Waals surface area contributed by atoms with Crippen molar-refractivity contribution in [3.63, 3.8) is 0 Å². The second kappa shape index (κ2) is 10.3. The summed E-state index contributed by atoms with van der Waals surface area (Å²) in [6.45, 7) is 7.19. The fourth-order valence-corrected chi connectivity index (χ4v) is 10.1. The number of thioether (sulfide) groups is 1. The van der Waals surface area contributed by atoms with Crippen molar-refractivity contribution in [2.75, 3.05) is 11.6 Å². The number of anilines is 1. The molecule has 5 rings (SSSR count). The van der Waals surface area contributed by atoms with E-state index in [1.165, 1.54) is 25.7 Å². The number of hydrogen-bond donors (Lipinski definition) is 3. The minimum Gasteiger partial charge on any atom is -0.393 e. The van der Waals surface area contributed by atoms with Gasteiger partial charge in [-0.05, 0) is 129 Å². The van der Waals surface area contributed by atoms with Crippen molar-refractivity contribution in [2.24, 2.45) is 46.3 Å². The van der Waals surface area contributed by atoms with Crippen LogP contribution < -0.4 is 5.32 Å². The number of aliphatic hydroxyl groups excluding tert-OH is 2. The molecule has 36 heavy (non-hydrogen) atoms. The number of rotatable bonds is 6. The van der Waals surface area contributed by atoms with Gasteiger partial charge in [0, 0.05) is 17.0 Å². The third-order valence-electron chi connectivity index (χ3n) is 11.7. The number of nitrogens with one attached hydrogen (secondary N) is 1. The van der Waals surface area contributed by atoms with Crippen LogP contribution in [-0.2, 0) is 4.79 Å². The zero-order chi connectivity index (χ0) is 25.7. The summed E-state index contributed by atoms with van der Waals surface area (Å²) in [5.74, 6) is 3.50. The Labute approximate surface area is 222 Å². The van der Waals surface area contributed by atoms with Crippen molar-refractivity contribution in [1.82, 2.24) is 0 Å². The maximum Gasteiger partial charge on any atom is 0.224 e. The molecule has 0 saturated heterocycles. The van der Waals surface area contributed by atoms with E-state index in [0.29, 0.717) is 41.9 Å². The monoisotopic (exact) mass is 513 g/mol. The van der Waals surface area contributed by atoms with Crippen molar-refractivity contribution >= 4 is 23.4 Å². The Morgan fingerprint density at radius 1 is 1.11 bits per heavy atom. The second-order valence-corrected chi connectivity index (χ2v) is 14.1. The van der Waals surface area contributed by atoms with E-state index in [1.54, 1.807) is 11.8 Å². The van der Waals surface area contributed by atoms with Gasteiger partial charge < -0.3 is 15.5 Å². The zero-order valence-electron chi connectivity index (χ0n) is 22.7. The molecular formula is C31H47NO3S. The van der Waals surface area contributed by atoms with Gasteiger partial charge in [-0.1, -0.05) is 26.8 Å². The van der Waals surface area contributed by atoms with Gasteiger partial charge in [-0.25, -0.2) is 0 Å². The highest BCUT2D eigenvalue weighted by atomic mass is 32.2. The average Bonchev–Trinajstić information content (AvgIpc) is 3.22. The molecule has 0 radical (unpaired) electrons. The van der Waals surface area contributed by atoms with Crippen LogP contribution in [0, 0.1) is 46.3 Å². The van der Waals surface area contributed by atoms with Crippen LogP contribution in [0.4, 0.5) is 5.69 Å². The average molecular weight is 514 g/mol. The summed E-state index contributed by atoms with van der Waals surface area (Å²) in [4.78, 5) is 13.9. The lowest BCUT2D eigenvalue weighted by molar-refractivity contribution is -0.174. The molecule has 4 aliphatic rings. The van der Waals surface area contributed by atoms with Gasteiger partial charge in [0.05, 0.1) is 12.2 Å². The molecule has 0 bridgehead atoms. The highest BCUT2D eigenvalue weighted by Crippen LogP contribution is 2.68. The van der Waals surface area contributed by atoms with Crippen molar-refractivity contribution in [3.05, 3.63) is 24.3 Å². The van der Waals surface area contributed by atoms with Crippen molar-refractivity contribution in [3.8, 4) is 0 Å². The van der Waals surface area contributed by atoms with E-state index in [4.69, 9.17) is 0 Å². The molecule has 4 aliphatic carbocycles. The molecule has 0 aliphatic heterocycles. The maximum atomic E-state index is 12.8. The summed E-state index contributed by atoms with van der Waals surface area (Å²) >= 11 is 1.68. The molecule has 4 nitrogen and oxygen atoms in total. The molecule has 10 atom stereocenters. The van der Waals surface area contributed by atoms with Crippen LogP contribution in [0.5, 0.6) is 0 Å². The molecule has 0 heterocycles. The largest absolute Gasteiger partial charge is 0.393 e. The van der Waals surface area contributed by atoms with Crippen LogP contribution in [0.2, 0.25) is 0 Å². The predicted octanol–water partition coefficient (Wildman–Crippen LogP) is 6.75. The normalized spacial score (nSPS) is 42.7. The first kappa shape index (κ1) is 26.6. The zero-order valence-corrected chi connectivity index (χ0v) is 23.5. The molecule has 1 amide bonds. The van der Waals surface area contributed by atoms with Gasteiger partial charge in [-0.2, -0.15) is 0 Å². The van der Waals surface area contributed by atoms with E-state index in [9.17, 15) is 15.0 Å². The Kier molecular flexibility index (Phi) is 7.57. The van der Waals surface area contributed by atoms with E-state index >= 15 is 0 Å². The fourth-order valence-electron chi connectivity index (χ4n) is 9.64. The summed E-state index contributed by atoms with van der Waals surface area (Å²) in [6.07, 6.45) is 11.9. The molecule has 0 unspecified atom stereocenters. The molecule has 1 aromatic rings. The third-order valence-corrected chi connectivity index (χ3v) is 12.4. The first-order valence-electron chi connectivity index (χ1n) is 14.5. The van der Waals surface area contributed by atoms with Crippen LogP contribution in [0.3, 0.4) is 0 Å². The summed E-state index contributed by atoms with van der Waals surface area (Å²) in [7, 11) is 0. The molecule has 200 valence electrons. The Morgan fingerprint density at radius 3 is 2.69 bits per heavy atom. The van der Waals surface area contributed by atoms with Gasteiger partial charge in [0.2, 0.25) is 5.91 Å². The maximum absolute atomic E-state index is 12.8. The molecule has 5 heteroatoms. The number of hydrogen-bond acceptors (Lipinski definition) is 4. The van der Waals surface area contributed by atoms with E-state index in [0.717, 1.165) is 42.7 Å². The van der Waals surface area contributed by atoms with Gasteiger partial charge in [0.15, 0.2) is 0 Å². The minimum atomic E-state index is -0.260. The SMILES string of the molecule is CSc1cccc(NC(=O)CC[C@@H](C)[C@@H]2CC[C@@H]3[C@@H]4CC[C@H]5C[C@H](O)CC[C@]5(C)[C@@H]4C[C@H](O)[C@@]32C)c1. The van der Waals surface area contributed by atoms with E-state index < -0.39 is 0 Å². The first-order valence-corrected chi connectivity index (χ1v) is 15.7. The number of fused-ring (bicyclic) bond motifs is 5. The van der Waals surface area contributed by atoms with Crippen LogP contribution in [0.1, 0.15) is 85.0 Å². The standard InChI is InChI=1S/C31H47NO3S/c1-19(8-13-29(35)32-21-6-5-7-23(17-21)36-4)25-11-12-26-24-10-9-20-16-22(33)14-15-30(20,2)27(24)18-28(34)31(25,26)3/h5-7,17,19-20,22,24-28,33-34H,8-16,18H2,1-4H3,(H,32,35)/t19-,20+,22-,24+,25+,26-,27-,28+,30+,31-/m1/s1. The Morgan fingerprint density at radius 2 is 1.92 bits per heavy atom. The van der Waals surface area contributed by atoms with Crippen molar-refractivity contribution in [2.45, 2.75) is 102 Å². The molecular weight excluding hydrogens is 466 g/mol. The summed E-state index contributed by atoms with van der Waals surface area (Å²) in [5, 5.41) is 25.1. The Hall–Kier alpha value is -1.04. The van der Waals surface area contributed by atoms with Gasteiger partial charge >= 0.3 is 0 Å². The van der Waals surface area contributed by atoms with Crippen LogP contribution in [0.25, 0.3) is 0 Å². The lowest BCUT2D eigenvalue weighted by Crippen LogP contribution is -2.58. The first-order chi connectivity index (χ1) is 17.2. The highest BCUT2D eigenvalue weighted by molar-refractivity contribution is 7.98. The van der Waals surface area contributed by atoms with Crippen molar-refractivity contribution in [1.29, 1.82) is 0 Å². The van der Waals surface area contributed by atoms with Crippen LogP contribution in [0.15, 0.2) is 29.2 Å². The Balaban J connectivity index is 1.24. The molecule has 4 saturated carbocycles. The van der Waals surface area contributed by atoms with Crippen LogP contribution >= 0.6 is 11.8 Å². The summed E-state index contributed by atoms with van der Waals surface area (Å²) < 4.78 is 0. The summed E-state index contributed by atoms with van der Waals surface area (Å²) in [5.41, 5.74) is 1.11. The van der Waals surface area contributed by atoms with Crippen LogP contribution in [-0.4, -0.2) is 34.6 Å². The lowest BCUT2D eigenvalue weighted by atomic mass is 9.43. The number of amides is 1. The quantitative estimate of drug-likeness (QED) is 0.368. The number of carbonyl (C=O) groups is 1. The smallest absolute Gasteiger partial charge is 0.224 e. The number of benzene rings is 1. The number of carbonyl (C=O) groups excluding carboxylic acids is 1. The topological polar surface area (TPSA) is 69.6 Å². The number of aliphatic hydroxyl groups is 2. The predicted molar refractivity (Wildman–Crippen MR) is 148 cm³/mol. The van der Waals surface area contributed by atoms with Gasteiger partial charge in [-0.3, -0.25) is 4.79 Å². The fraction of sp³-hybridized carbons (Fsp3) is 0.774. The summed E-state index contributed by atoms with van der Waals surface area (Å²) in [6, 6.07) is 8.04. The molecule has 0 spiro atoms.